The molecule has 116 valence electrons. The molecule has 3 heterocycles. The van der Waals surface area contributed by atoms with Crippen LogP contribution in [-0.4, -0.2) is 33.5 Å². The SMILES string of the molecule is ClCc1nc2c(C3=NCCN3)ccc(-c3cccc(Br)c3)n2n1. The first kappa shape index (κ1) is 14.7. The van der Waals surface area contributed by atoms with Crippen LogP contribution in [0.15, 0.2) is 45.9 Å². The van der Waals surface area contributed by atoms with Crippen LogP contribution in [0.4, 0.5) is 0 Å². The van der Waals surface area contributed by atoms with Crippen molar-refractivity contribution in [1.29, 1.82) is 0 Å². The van der Waals surface area contributed by atoms with E-state index in [2.05, 4.69) is 42.4 Å². The molecule has 2 aromatic heterocycles. The molecule has 0 aliphatic carbocycles. The van der Waals surface area contributed by atoms with E-state index in [0.29, 0.717) is 5.82 Å². The van der Waals surface area contributed by atoms with Crippen LogP contribution >= 0.6 is 27.5 Å². The number of halogens is 2. The van der Waals surface area contributed by atoms with Gasteiger partial charge in [0.25, 0.3) is 0 Å². The van der Waals surface area contributed by atoms with Crippen LogP contribution in [0.1, 0.15) is 11.4 Å². The predicted molar refractivity (Wildman–Crippen MR) is 95.1 cm³/mol. The van der Waals surface area contributed by atoms with Crippen molar-refractivity contribution in [3.63, 3.8) is 0 Å². The minimum Gasteiger partial charge on any atom is -0.368 e. The molecular formula is C16H13BrClN5. The molecule has 5 nitrogen and oxygen atoms in total. The Hall–Kier alpha value is -1.92. The molecule has 0 fully saturated rings. The van der Waals surface area contributed by atoms with Crippen LogP contribution in [0.25, 0.3) is 16.9 Å². The highest BCUT2D eigenvalue weighted by atomic mass is 79.9. The molecule has 0 saturated heterocycles. The van der Waals surface area contributed by atoms with E-state index in [9.17, 15) is 0 Å². The minimum atomic E-state index is 0.277. The van der Waals surface area contributed by atoms with E-state index in [-0.39, 0.29) is 5.88 Å². The third-order valence-corrected chi connectivity index (χ3v) is 4.43. The van der Waals surface area contributed by atoms with E-state index in [1.54, 1.807) is 0 Å². The Bertz CT molecular complexity index is 918. The zero-order valence-corrected chi connectivity index (χ0v) is 14.5. The Morgan fingerprint density at radius 3 is 2.91 bits per heavy atom. The molecule has 1 aliphatic rings. The molecule has 1 aromatic carbocycles. The maximum Gasteiger partial charge on any atom is 0.167 e. The molecule has 0 saturated carbocycles. The van der Waals surface area contributed by atoms with Crippen LogP contribution in [0.5, 0.6) is 0 Å². The minimum absolute atomic E-state index is 0.277. The van der Waals surface area contributed by atoms with Crippen molar-refractivity contribution in [2.24, 2.45) is 4.99 Å². The zero-order valence-electron chi connectivity index (χ0n) is 12.1. The lowest BCUT2D eigenvalue weighted by Crippen LogP contribution is -2.20. The topological polar surface area (TPSA) is 54.6 Å². The van der Waals surface area contributed by atoms with Gasteiger partial charge in [0.2, 0.25) is 0 Å². The molecular weight excluding hydrogens is 378 g/mol. The smallest absolute Gasteiger partial charge is 0.167 e. The number of aliphatic imine (C=N–C) groups is 1. The molecule has 0 radical (unpaired) electrons. The first-order valence-electron chi connectivity index (χ1n) is 7.25. The lowest BCUT2D eigenvalue weighted by molar-refractivity contribution is 0.928. The third-order valence-electron chi connectivity index (χ3n) is 3.70. The molecule has 23 heavy (non-hydrogen) atoms. The number of aromatic nitrogens is 3. The standard InChI is InChI=1S/C16H13BrClN5/c17-11-3-1-2-10(8-11)13-5-4-12(15-19-6-7-20-15)16-21-14(9-18)22-23(13)16/h1-5,8H,6-7,9H2,(H,19,20). The Balaban J connectivity index is 1.96. The number of alkyl halides is 1. The molecule has 0 unspecified atom stereocenters. The number of benzene rings is 1. The first-order chi connectivity index (χ1) is 11.3. The van der Waals surface area contributed by atoms with Gasteiger partial charge in [0, 0.05) is 16.6 Å². The molecule has 3 aromatic rings. The van der Waals surface area contributed by atoms with Gasteiger partial charge in [0.1, 0.15) is 5.84 Å². The molecule has 4 rings (SSSR count). The van der Waals surface area contributed by atoms with Crippen LogP contribution in [-0.2, 0) is 5.88 Å². The molecule has 1 N–H and O–H groups in total. The Kier molecular flexibility index (Phi) is 3.79. The van der Waals surface area contributed by atoms with Gasteiger partial charge in [0.15, 0.2) is 11.5 Å². The summed E-state index contributed by atoms with van der Waals surface area (Å²) in [5.74, 6) is 1.75. The summed E-state index contributed by atoms with van der Waals surface area (Å²) in [6, 6.07) is 12.2. The number of pyridine rings is 1. The van der Waals surface area contributed by atoms with Crippen LogP contribution < -0.4 is 5.32 Å². The summed E-state index contributed by atoms with van der Waals surface area (Å²) in [4.78, 5) is 9.06. The number of hydrogen-bond acceptors (Lipinski definition) is 4. The van der Waals surface area contributed by atoms with E-state index in [1.165, 1.54) is 0 Å². The summed E-state index contributed by atoms with van der Waals surface area (Å²) in [5, 5.41) is 7.83. The van der Waals surface area contributed by atoms with Gasteiger partial charge < -0.3 is 5.32 Å². The number of hydrogen-bond donors (Lipinski definition) is 1. The highest BCUT2D eigenvalue weighted by molar-refractivity contribution is 9.10. The number of nitrogens with one attached hydrogen (secondary N) is 1. The Morgan fingerprint density at radius 2 is 2.17 bits per heavy atom. The van der Waals surface area contributed by atoms with Gasteiger partial charge in [-0.3, -0.25) is 4.99 Å². The van der Waals surface area contributed by atoms with Crippen molar-refractivity contribution in [1.82, 2.24) is 19.9 Å². The largest absolute Gasteiger partial charge is 0.368 e. The molecule has 0 spiro atoms. The summed E-state index contributed by atoms with van der Waals surface area (Å²) in [5.41, 5.74) is 3.74. The molecule has 0 bridgehead atoms. The van der Waals surface area contributed by atoms with Gasteiger partial charge in [-0.1, -0.05) is 28.1 Å². The van der Waals surface area contributed by atoms with Crippen molar-refractivity contribution in [2.75, 3.05) is 13.1 Å². The van der Waals surface area contributed by atoms with E-state index in [0.717, 1.165) is 45.9 Å². The second-order valence-electron chi connectivity index (χ2n) is 5.20. The number of fused-ring (bicyclic) bond motifs is 1. The highest BCUT2D eigenvalue weighted by Gasteiger charge is 2.17. The van der Waals surface area contributed by atoms with Crippen molar-refractivity contribution >= 4 is 39.0 Å². The average Bonchev–Trinajstić information content (AvgIpc) is 3.23. The molecule has 7 heteroatoms. The van der Waals surface area contributed by atoms with Gasteiger partial charge in [-0.2, -0.15) is 0 Å². The fraction of sp³-hybridized carbons (Fsp3) is 0.188. The fourth-order valence-corrected chi connectivity index (χ4v) is 3.20. The van der Waals surface area contributed by atoms with Crippen molar-refractivity contribution in [3.8, 4) is 11.3 Å². The summed E-state index contributed by atoms with van der Waals surface area (Å²) >= 11 is 9.46. The van der Waals surface area contributed by atoms with E-state index >= 15 is 0 Å². The molecule has 0 amide bonds. The number of rotatable bonds is 3. The first-order valence-corrected chi connectivity index (χ1v) is 8.58. The fourth-order valence-electron chi connectivity index (χ4n) is 2.69. The second kappa shape index (κ2) is 5.94. The average molecular weight is 391 g/mol. The second-order valence-corrected chi connectivity index (χ2v) is 6.38. The van der Waals surface area contributed by atoms with Crippen LogP contribution in [0.2, 0.25) is 0 Å². The van der Waals surface area contributed by atoms with Gasteiger partial charge >= 0.3 is 0 Å². The molecule has 1 aliphatic heterocycles. The number of amidine groups is 1. The maximum absolute atomic E-state index is 5.94. The summed E-state index contributed by atoms with van der Waals surface area (Å²) < 4.78 is 2.86. The van der Waals surface area contributed by atoms with Crippen molar-refractivity contribution in [3.05, 3.63) is 52.3 Å². The monoisotopic (exact) mass is 389 g/mol. The number of nitrogens with zero attached hydrogens (tertiary/aromatic N) is 4. The van der Waals surface area contributed by atoms with Gasteiger partial charge in [-0.15, -0.1) is 16.7 Å². The maximum atomic E-state index is 5.94. The van der Waals surface area contributed by atoms with E-state index in [4.69, 9.17) is 11.6 Å². The van der Waals surface area contributed by atoms with Crippen LogP contribution in [0.3, 0.4) is 0 Å². The van der Waals surface area contributed by atoms with Gasteiger partial charge in [0.05, 0.1) is 23.7 Å². The Morgan fingerprint density at radius 1 is 1.26 bits per heavy atom. The van der Waals surface area contributed by atoms with Crippen molar-refractivity contribution in [2.45, 2.75) is 5.88 Å². The van der Waals surface area contributed by atoms with E-state index < -0.39 is 0 Å². The van der Waals surface area contributed by atoms with Gasteiger partial charge in [-0.05, 0) is 24.3 Å². The normalized spacial score (nSPS) is 14.1. The summed E-state index contributed by atoms with van der Waals surface area (Å²) in [6.45, 7) is 1.64. The summed E-state index contributed by atoms with van der Waals surface area (Å²) in [7, 11) is 0. The predicted octanol–water partition coefficient (Wildman–Crippen LogP) is 3.25. The quantitative estimate of drug-likeness (QED) is 0.699. The highest BCUT2D eigenvalue weighted by Crippen LogP contribution is 2.25. The third kappa shape index (κ3) is 2.62. The zero-order chi connectivity index (χ0) is 15.8. The van der Waals surface area contributed by atoms with Crippen LogP contribution in [0, 0.1) is 0 Å². The summed E-state index contributed by atoms with van der Waals surface area (Å²) in [6.07, 6.45) is 0. The van der Waals surface area contributed by atoms with Crippen molar-refractivity contribution < 1.29 is 0 Å². The van der Waals surface area contributed by atoms with Gasteiger partial charge in [-0.25, -0.2) is 9.50 Å². The van der Waals surface area contributed by atoms with E-state index in [1.807, 2.05) is 34.8 Å². The molecule has 0 atom stereocenters. The lowest BCUT2D eigenvalue weighted by atomic mass is 10.1. The Labute approximate surface area is 146 Å². The lowest BCUT2D eigenvalue weighted by Gasteiger charge is -2.09.